The molecule has 2 aromatic carbocycles. The van der Waals surface area contributed by atoms with Crippen LogP contribution >= 0.6 is 44.1 Å². The van der Waals surface area contributed by atoms with Gasteiger partial charge in [0.05, 0.1) is 4.47 Å². The second-order valence-electron chi connectivity index (χ2n) is 3.68. The van der Waals surface area contributed by atoms with Gasteiger partial charge < -0.3 is 10.5 Å². The standard InChI is InChI=1S/C13H8Br2FNOS/c14-10-5-7(1-3-9(10)13(17)19)18-8-2-4-12(16)11(15)6-8/h1-6H,(H2,17,19). The van der Waals surface area contributed by atoms with Crippen LogP contribution in [0.15, 0.2) is 45.3 Å². The molecule has 0 unspecified atom stereocenters. The summed E-state index contributed by atoms with van der Waals surface area (Å²) in [7, 11) is 0. The molecule has 2 nitrogen and oxygen atoms in total. The first-order valence-electron chi connectivity index (χ1n) is 5.19. The zero-order valence-corrected chi connectivity index (χ0v) is 13.5. The lowest BCUT2D eigenvalue weighted by Crippen LogP contribution is -2.09. The van der Waals surface area contributed by atoms with Crippen LogP contribution in [-0.4, -0.2) is 4.99 Å². The lowest BCUT2D eigenvalue weighted by atomic mass is 10.2. The van der Waals surface area contributed by atoms with Crippen molar-refractivity contribution in [3.63, 3.8) is 0 Å². The molecule has 0 aliphatic rings. The maximum Gasteiger partial charge on any atom is 0.137 e. The number of halogens is 3. The predicted octanol–water partition coefficient (Wildman–Crippen LogP) is 4.78. The molecular weight excluding hydrogens is 397 g/mol. The number of nitrogens with two attached hydrogens (primary N) is 1. The molecule has 0 radical (unpaired) electrons. The third-order valence-corrected chi connectivity index (χ3v) is 3.82. The smallest absolute Gasteiger partial charge is 0.137 e. The number of hydrogen-bond acceptors (Lipinski definition) is 2. The van der Waals surface area contributed by atoms with E-state index in [0.717, 1.165) is 10.0 Å². The van der Waals surface area contributed by atoms with Gasteiger partial charge in [-0.15, -0.1) is 0 Å². The number of hydrogen-bond donors (Lipinski definition) is 1. The molecule has 0 fully saturated rings. The highest BCUT2D eigenvalue weighted by Crippen LogP contribution is 2.29. The Hall–Kier alpha value is -0.980. The minimum atomic E-state index is -0.336. The van der Waals surface area contributed by atoms with E-state index < -0.39 is 0 Å². The molecule has 0 amide bonds. The van der Waals surface area contributed by atoms with Gasteiger partial charge in [-0.25, -0.2) is 4.39 Å². The van der Waals surface area contributed by atoms with E-state index in [9.17, 15) is 4.39 Å². The Bertz CT molecular complexity index is 649. The lowest BCUT2D eigenvalue weighted by Gasteiger charge is -2.09. The molecule has 0 aliphatic carbocycles. The van der Waals surface area contributed by atoms with Gasteiger partial charge in [-0.1, -0.05) is 12.2 Å². The van der Waals surface area contributed by atoms with E-state index in [1.807, 2.05) is 0 Å². The van der Waals surface area contributed by atoms with E-state index >= 15 is 0 Å². The highest BCUT2D eigenvalue weighted by Gasteiger charge is 2.06. The largest absolute Gasteiger partial charge is 0.457 e. The summed E-state index contributed by atoms with van der Waals surface area (Å²) in [5.41, 5.74) is 6.31. The lowest BCUT2D eigenvalue weighted by molar-refractivity contribution is 0.479. The molecule has 2 aromatic rings. The average molecular weight is 405 g/mol. The van der Waals surface area contributed by atoms with E-state index in [1.165, 1.54) is 6.07 Å². The van der Waals surface area contributed by atoms with Gasteiger partial charge >= 0.3 is 0 Å². The summed E-state index contributed by atoms with van der Waals surface area (Å²) in [5.74, 6) is 0.797. The Morgan fingerprint density at radius 1 is 1.05 bits per heavy atom. The number of rotatable bonds is 3. The minimum absolute atomic E-state index is 0.308. The summed E-state index contributed by atoms with van der Waals surface area (Å²) in [6.07, 6.45) is 0. The molecule has 6 heteroatoms. The maximum atomic E-state index is 13.1. The molecule has 2 N–H and O–H groups in total. The van der Waals surface area contributed by atoms with Gasteiger partial charge in [0.1, 0.15) is 22.3 Å². The quantitative estimate of drug-likeness (QED) is 0.747. The zero-order valence-electron chi connectivity index (χ0n) is 9.49. The molecule has 19 heavy (non-hydrogen) atoms. The number of thiocarbonyl (C=S) groups is 1. The molecule has 0 bridgehead atoms. The first kappa shape index (κ1) is 14.4. The van der Waals surface area contributed by atoms with Crippen molar-refractivity contribution >= 4 is 49.1 Å². The normalized spacial score (nSPS) is 10.3. The summed E-state index contributed by atoms with van der Waals surface area (Å²) < 4.78 is 19.8. The topological polar surface area (TPSA) is 35.2 Å². The van der Waals surface area contributed by atoms with E-state index in [1.54, 1.807) is 30.3 Å². The van der Waals surface area contributed by atoms with Gasteiger partial charge in [0, 0.05) is 10.0 Å². The van der Waals surface area contributed by atoms with Crippen LogP contribution in [0.25, 0.3) is 0 Å². The van der Waals surface area contributed by atoms with Gasteiger partial charge in [0.15, 0.2) is 0 Å². The summed E-state index contributed by atoms with van der Waals surface area (Å²) in [6, 6.07) is 9.71. The first-order chi connectivity index (χ1) is 8.97. The van der Waals surface area contributed by atoms with E-state index in [2.05, 4.69) is 31.9 Å². The fourth-order valence-corrected chi connectivity index (χ4v) is 2.67. The van der Waals surface area contributed by atoms with Crippen molar-refractivity contribution in [1.82, 2.24) is 0 Å². The van der Waals surface area contributed by atoms with Crippen molar-refractivity contribution < 1.29 is 9.13 Å². The summed E-state index contributed by atoms with van der Waals surface area (Å²) in [5, 5.41) is 0. The van der Waals surface area contributed by atoms with Crippen LogP contribution in [0.2, 0.25) is 0 Å². The minimum Gasteiger partial charge on any atom is -0.457 e. The number of benzene rings is 2. The summed E-state index contributed by atoms with van der Waals surface area (Å²) in [6.45, 7) is 0. The van der Waals surface area contributed by atoms with Gasteiger partial charge in [-0.05, 0) is 68.3 Å². The van der Waals surface area contributed by atoms with Crippen LogP contribution in [0, 0.1) is 5.82 Å². The summed E-state index contributed by atoms with van der Waals surface area (Å²) in [4.78, 5) is 0.308. The van der Waals surface area contributed by atoms with E-state index in [-0.39, 0.29) is 5.82 Å². The molecule has 0 atom stereocenters. The van der Waals surface area contributed by atoms with Crippen LogP contribution in [0.5, 0.6) is 11.5 Å². The van der Waals surface area contributed by atoms with Crippen LogP contribution in [0.1, 0.15) is 5.56 Å². The molecule has 0 heterocycles. The van der Waals surface area contributed by atoms with Crippen molar-refractivity contribution in [3.05, 3.63) is 56.7 Å². The predicted molar refractivity (Wildman–Crippen MR) is 84.2 cm³/mol. The third kappa shape index (κ3) is 3.52. The SMILES string of the molecule is NC(=S)c1ccc(Oc2ccc(F)c(Br)c2)cc1Br. The Kier molecular flexibility index (Phi) is 4.54. The second kappa shape index (κ2) is 5.98. The molecule has 0 aromatic heterocycles. The molecular formula is C13H8Br2FNOS. The third-order valence-electron chi connectivity index (χ3n) is 2.33. The molecule has 0 saturated carbocycles. The Labute approximate surface area is 132 Å². The van der Waals surface area contributed by atoms with Crippen LogP contribution in [-0.2, 0) is 0 Å². The van der Waals surface area contributed by atoms with E-state index in [4.69, 9.17) is 22.7 Å². The molecule has 0 spiro atoms. The van der Waals surface area contributed by atoms with Crippen LogP contribution in [0.4, 0.5) is 4.39 Å². The first-order valence-corrected chi connectivity index (χ1v) is 7.19. The van der Waals surface area contributed by atoms with Crippen LogP contribution < -0.4 is 10.5 Å². The van der Waals surface area contributed by atoms with Crippen LogP contribution in [0.3, 0.4) is 0 Å². The Morgan fingerprint density at radius 3 is 2.16 bits per heavy atom. The van der Waals surface area contributed by atoms with Gasteiger partial charge in [0.2, 0.25) is 0 Å². The van der Waals surface area contributed by atoms with Crippen molar-refractivity contribution in [2.24, 2.45) is 5.73 Å². The monoisotopic (exact) mass is 403 g/mol. The zero-order chi connectivity index (χ0) is 14.0. The van der Waals surface area contributed by atoms with Crippen molar-refractivity contribution in [2.75, 3.05) is 0 Å². The Morgan fingerprint density at radius 2 is 1.63 bits per heavy atom. The average Bonchev–Trinajstić information content (AvgIpc) is 2.33. The maximum absolute atomic E-state index is 13.1. The molecule has 98 valence electrons. The van der Waals surface area contributed by atoms with Gasteiger partial charge in [-0.2, -0.15) is 0 Å². The highest BCUT2D eigenvalue weighted by atomic mass is 79.9. The molecule has 2 rings (SSSR count). The fourth-order valence-electron chi connectivity index (χ4n) is 1.44. The van der Waals surface area contributed by atoms with Crippen molar-refractivity contribution in [2.45, 2.75) is 0 Å². The van der Waals surface area contributed by atoms with E-state index in [0.29, 0.717) is 21.0 Å². The highest BCUT2D eigenvalue weighted by molar-refractivity contribution is 9.10. The molecule has 0 aliphatic heterocycles. The fraction of sp³-hybridized carbons (Fsp3) is 0. The second-order valence-corrected chi connectivity index (χ2v) is 5.83. The van der Waals surface area contributed by atoms with Crippen molar-refractivity contribution in [1.29, 1.82) is 0 Å². The number of ether oxygens (including phenoxy) is 1. The summed E-state index contributed by atoms with van der Waals surface area (Å²) >= 11 is 11.4. The Balaban J connectivity index is 2.26. The van der Waals surface area contributed by atoms with Crippen molar-refractivity contribution in [3.8, 4) is 11.5 Å². The van der Waals surface area contributed by atoms with Gasteiger partial charge in [0.25, 0.3) is 0 Å². The van der Waals surface area contributed by atoms with Gasteiger partial charge in [-0.3, -0.25) is 0 Å². The molecule has 0 saturated heterocycles.